The molecule has 1 N–H and O–H groups in total. The summed E-state index contributed by atoms with van der Waals surface area (Å²) in [6, 6.07) is 18.9. The minimum atomic E-state index is -4.16. The summed E-state index contributed by atoms with van der Waals surface area (Å²) in [6.45, 7) is 6.85. The highest BCUT2D eigenvalue weighted by atomic mass is 35.5. The van der Waals surface area contributed by atoms with E-state index >= 15 is 0 Å². The maximum Gasteiger partial charge on any atom is 0.264 e. The maximum atomic E-state index is 14.0. The summed E-state index contributed by atoms with van der Waals surface area (Å²) < 4.78 is 34.2. The summed E-state index contributed by atoms with van der Waals surface area (Å²) in [6.07, 6.45) is 0.721. The van der Waals surface area contributed by atoms with Crippen LogP contribution in [0.5, 0.6) is 5.75 Å². The van der Waals surface area contributed by atoms with Crippen LogP contribution in [0.15, 0.2) is 77.7 Å². The summed E-state index contributed by atoms with van der Waals surface area (Å²) in [4.78, 5) is 28.5. The molecule has 10 heteroatoms. The molecule has 3 rings (SSSR count). The van der Waals surface area contributed by atoms with Crippen molar-refractivity contribution in [2.45, 2.75) is 57.6 Å². The van der Waals surface area contributed by atoms with Gasteiger partial charge in [0.15, 0.2) is 0 Å². The van der Waals surface area contributed by atoms with Crippen molar-refractivity contribution in [3.8, 4) is 5.75 Å². The molecule has 8 nitrogen and oxygen atoms in total. The molecule has 3 aromatic rings. The molecule has 0 saturated heterocycles. The third kappa shape index (κ3) is 7.76. The molecule has 0 aliphatic carbocycles. The highest BCUT2D eigenvalue weighted by molar-refractivity contribution is 7.92. The number of carbonyl (C=O) groups excluding carboxylic acids is 2. The lowest BCUT2D eigenvalue weighted by molar-refractivity contribution is -0.139. The Labute approximate surface area is 241 Å². The first kappa shape index (κ1) is 31.0. The first-order chi connectivity index (χ1) is 19.0. The van der Waals surface area contributed by atoms with Crippen LogP contribution in [0, 0.1) is 6.92 Å². The Kier molecular flexibility index (Phi) is 10.6. The third-order valence-corrected chi connectivity index (χ3v) is 8.66. The van der Waals surface area contributed by atoms with Crippen molar-refractivity contribution in [1.29, 1.82) is 0 Å². The molecule has 2 atom stereocenters. The number of amides is 2. The fourth-order valence-corrected chi connectivity index (χ4v) is 5.63. The van der Waals surface area contributed by atoms with Crippen LogP contribution in [-0.4, -0.2) is 50.9 Å². The van der Waals surface area contributed by atoms with E-state index in [4.69, 9.17) is 16.3 Å². The second-order valence-corrected chi connectivity index (χ2v) is 12.0. The number of hydrogen-bond acceptors (Lipinski definition) is 5. The van der Waals surface area contributed by atoms with Crippen LogP contribution in [0.3, 0.4) is 0 Å². The zero-order chi connectivity index (χ0) is 29.4. The average molecular weight is 586 g/mol. The number of sulfonamides is 1. The van der Waals surface area contributed by atoms with E-state index in [0.29, 0.717) is 16.3 Å². The molecule has 214 valence electrons. The predicted octanol–water partition coefficient (Wildman–Crippen LogP) is 5.18. The zero-order valence-electron chi connectivity index (χ0n) is 23.4. The molecule has 0 radical (unpaired) electrons. The van der Waals surface area contributed by atoms with Gasteiger partial charge in [-0.2, -0.15) is 0 Å². The molecule has 40 heavy (non-hydrogen) atoms. The van der Waals surface area contributed by atoms with Crippen molar-refractivity contribution in [3.63, 3.8) is 0 Å². The lowest BCUT2D eigenvalue weighted by Crippen LogP contribution is -2.52. The fraction of sp³-hybridized carbons (Fsp3) is 0.333. The van der Waals surface area contributed by atoms with E-state index in [1.54, 1.807) is 67.6 Å². The van der Waals surface area contributed by atoms with E-state index < -0.39 is 28.5 Å². The number of methoxy groups -OCH3 is 1. The number of nitrogens with one attached hydrogen (secondary N) is 1. The molecule has 0 heterocycles. The van der Waals surface area contributed by atoms with E-state index in [1.165, 1.54) is 24.1 Å². The summed E-state index contributed by atoms with van der Waals surface area (Å²) >= 11 is 6.19. The average Bonchev–Trinajstić information content (AvgIpc) is 2.94. The maximum absolute atomic E-state index is 14.0. The molecule has 0 bridgehead atoms. The Bertz CT molecular complexity index is 1430. The first-order valence-corrected chi connectivity index (χ1v) is 14.9. The quantitative estimate of drug-likeness (QED) is 0.316. The van der Waals surface area contributed by atoms with Crippen LogP contribution in [-0.2, 0) is 26.2 Å². The van der Waals surface area contributed by atoms with Crippen molar-refractivity contribution in [2.24, 2.45) is 0 Å². The smallest absolute Gasteiger partial charge is 0.264 e. The Morgan fingerprint density at radius 2 is 1.68 bits per heavy atom. The standard InChI is InChI=1S/C30H36ClN3O5S/c1-6-22(3)32-30(36)23(4)33(19-24-9-7-10-25(31)17-24)29(35)20-34(26-11-8-12-27(18-26)39-5)40(37,38)28-15-13-21(2)14-16-28/h7-18,22-23H,6,19-20H2,1-5H3,(H,32,36)/t22-,23+/m0/s1. The van der Waals surface area contributed by atoms with Gasteiger partial charge in [-0.25, -0.2) is 8.42 Å². The molecule has 0 aliphatic heterocycles. The summed E-state index contributed by atoms with van der Waals surface area (Å²) in [7, 11) is -2.68. The van der Waals surface area contributed by atoms with Crippen LogP contribution in [0.2, 0.25) is 5.02 Å². The number of aryl methyl sites for hydroxylation is 1. The van der Waals surface area contributed by atoms with E-state index in [-0.39, 0.29) is 29.1 Å². The normalized spacial score (nSPS) is 12.8. The minimum absolute atomic E-state index is 0.0395. The predicted molar refractivity (Wildman–Crippen MR) is 158 cm³/mol. The van der Waals surface area contributed by atoms with Crippen LogP contribution in [0.4, 0.5) is 5.69 Å². The van der Waals surface area contributed by atoms with Gasteiger partial charge in [0, 0.05) is 23.7 Å². The number of carbonyl (C=O) groups is 2. The lowest BCUT2D eigenvalue weighted by atomic mass is 10.1. The van der Waals surface area contributed by atoms with Gasteiger partial charge in [-0.15, -0.1) is 0 Å². The fourth-order valence-electron chi connectivity index (χ4n) is 4.01. The van der Waals surface area contributed by atoms with Crippen LogP contribution in [0.1, 0.15) is 38.3 Å². The van der Waals surface area contributed by atoms with Crippen LogP contribution >= 0.6 is 11.6 Å². The summed E-state index contributed by atoms with van der Waals surface area (Å²) in [5.74, 6) is -0.449. The van der Waals surface area contributed by atoms with Crippen molar-refractivity contribution >= 4 is 39.1 Å². The topological polar surface area (TPSA) is 96.0 Å². The SMILES string of the molecule is CC[C@H](C)NC(=O)[C@@H](C)N(Cc1cccc(Cl)c1)C(=O)CN(c1cccc(OC)c1)S(=O)(=O)c1ccc(C)cc1. The van der Waals surface area contributed by atoms with Crippen LogP contribution in [0.25, 0.3) is 0 Å². The molecular weight excluding hydrogens is 550 g/mol. The Morgan fingerprint density at radius 3 is 2.30 bits per heavy atom. The van der Waals surface area contributed by atoms with Gasteiger partial charge in [0.05, 0.1) is 17.7 Å². The Hall–Kier alpha value is -3.56. The van der Waals surface area contributed by atoms with Gasteiger partial charge in [-0.05, 0) is 69.2 Å². The molecule has 0 aliphatic rings. The largest absolute Gasteiger partial charge is 0.497 e. The molecule has 2 amide bonds. The van der Waals surface area contributed by atoms with Gasteiger partial charge in [0.2, 0.25) is 11.8 Å². The Balaban J connectivity index is 2.05. The van der Waals surface area contributed by atoms with Gasteiger partial charge in [0.1, 0.15) is 18.3 Å². The number of rotatable bonds is 12. The number of halogens is 1. The van der Waals surface area contributed by atoms with Crippen molar-refractivity contribution in [1.82, 2.24) is 10.2 Å². The molecular formula is C30H36ClN3O5S. The van der Waals surface area contributed by atoms with Gasteiger partial charge in [-0.3, -0.25) is 13.9 Å². The van der Waals surface area contributed by atoms with Crippen molar-refractivity contribution in [2.75, 3.05) is 18.0 Å². The molecule has 0 fully saturated rings. The number of anilines is 1. The number of hydrogen-bond donors (Lipinski definition) is 1. The van der Waals surface area contributed by atoms with Gasteiger partial charge in [0.25, 0.3) is 10.0 Å². The lowest BCUT2D eigenvalue weighted by Gasteiger charge is -2.32. The second kappa shape index (κ2) is 13.7. The minimum Gasteiger partial charge on any atom is -0.497 e. The number of nitrogens with zero attached hydrogens (tertiary/aromatic N) is 2. The van der Waals surface area contributed by atoms with Crippen molar-refractivity contribution in [3.05, 3.63) is 88.9 Å². The van der Waals surface area contributed by atoms with E-state index in [9.17, 15) is 18.0 Å². The molecule has 0 aromatic heterocycles. The van der Waals surface area contributed by atoms with E-state index in [2.05, 4.69) is 5.32 Å². The summed E-state index contributed by atoms with van der Waals surface area (Å²) in [5, 5.41) is 3.40. The molecule has 0 spiro atoms. The van der Waals surface area contributed by atoms with Gasteiger partial charge in [-0.1, -0.05) is 54.4 Å². The first-order valence-electron chi connectivity index (χ1n) is 13.0. The summed E-state index contributed by atoms with van der Waals surface area (Å²) in [5.41, 5.74) is 1.86. The Morgan fingerprint density at radius 1 is 1.00 bits per heavy atom. The molecule has 0 saturated carbocycles. The number of ether oxygens (including phenoxy) is 1. The molecule has 3 aromatic carbocycles. The zero-order valence-corrected chi connectivity index (χ0v) is 25.0. The van der Waals surface area contributed by atoms with E-state index in [0.717, 1.165) is 16.3 Å². The number of benzene rings is 3. The van der Waals surface area contributed by atoms with Crippen molar-refractivity contribution < 1.29 is 22.7 Å². The molecule has 0 unspecified atom stereocenters. The highest BCUT2D eigenvalue weighted by Crippen LogP contribution is 2.28. The second-order valence-electron chi connectivity index (χ2n) is 9.67. The van der Waals surface area contributed by atoms with Gasteiger partial charge >= 0.3 is 0 Å². The van der Waals surface area contributed by atoms with Gasteiger partial charge < -0.3 is 15.0 Å². The third-order valence-electron chi connectivity index (χ3n) is 6.64. The monoisotopic (exact) mass is 585 g/mol. The van der Waals surface area contributed by atoms with E-state index in [1.807, 2.05) is 20.8 Å². The van der Waals surface area contributed by atoms with Crippen LogP contribution < -0.4 is 14.4 Å². The highest BCUT2D eigenvalue weighted by Gasteiger charge is 2.33.